The van der Waals surface area contributed by atoms with Crippen LogP contribution in [0.4, 0.5) is 0 Å². The highest BCUT2D eigenvalue weighted by molar-refractivity contribution is 5.88. The van der Waals surface area contributed by atoms with Crippen LogP contribution in [0, 0.1) is 0 Å². The Morgan fingerprint density at radius 2 is 2.24 bits per heavy atom. The van der Waals surface area contributed by atoms with Gasteiger partial charge < -0.3 is 20.5 Å². The molecule has 3 N–H and O–H groups in total. The average Bonchev–Trinajstić information content (AvgIpc) is 2.50. The van der Waals surface area contributed by atoms with Gasteiger partial charge in [0.05, 0.1) is 5.92 Å². The van der Waals surface area contributed by atoms with Crippen molar-refractivity contribution in [3.05, 3.63) is 35.4 Å². The van der Waals surface area contributed by atoms with Gasteiger partial charge in [-0.1, -0.05) is 24.3 Å². The molecule has 0 radical (unpaired) electrons. The number of rotatable bonds is 6. The Bertz CT molecular complexity index is 518. The number of hydrogen-bond acceptors (Lipinski definition) is 4. The number of carbonyl (C=O) groups is 2. The Morgan fingerprint density at radius 3 is 2.95 bits per heavy atom. The number of carboxylic acid groups (broad SMARTS) is 1. The summed E-state index contributed by atoms with van der Waals surface area (Å²) in [5.74, 6) is -1.67. The molecule has 0 bridgehead atoms. The van der Waals surface area contributed by atoms with E-state index in [-0.39, 0.29) is 24.9 Å². The number of amides is 1. The summed E-state index contributed by atoms with van der Waals surface area (Å²) in [6, 6.07) is 6.79. The number of hydrogen-bond donors (Lipinski definition) is 3. The van der Waals surface area contributed by atoms with E-state index in [9.17, 15) is 9.59 Å². The first-order chi connectivity index (χ1) is 10.1. The Kier molecular flexibility index (Phi) is 5.30. The fraction of sp³-hybridized carbons (Fsp3) is 0.467. The topological polar surface area (TPSA) is 87.7 Å². The van der Waals surface area contributed by atoms with Crippen LogP contribution in [0.15, 0.2) is 24.3 Å². The summed E-state index contributed by atoms with van der Waals surface area (Å²) in [7, 11) is 1.50. The van der Waals surface area contributed by atoms with Crippen LogP contribution >= 0.6 is 0 Å². The highest BCUT2D eigenvalue weighted by Crippen LogP contribution is 2.24. The first kappa shape index (κ1) is 15.5. The lowest BCUT2D eigenvalue weighted by Crippen LogP contribution is -2.46. The van der Waals surface area contributed by atoms with E-state index in [2.05, 4.69) is 10.6 Å². The van der Waals surface area contributed by atoms with Gasteiger partial charge in [0.2, 0.25) is 5.91 Å². The van der Waals surface area contributed by atoms with Crippen LogP contribution in [-0.4, -0.2) is 43.3 Å². The molecule has 0 saturated heterocycles. The van der Waals surface area contributed by atoms with Crippen LogP contribution in [0.5, 0.6) is 0 Å². The molecule has 0 aromatic heterocycles. The molecule has 1 aromatic carbocycles. The molecule has 114 valence electrons. The lowest BCUT2D eigenvalue weighted by Gasteiger charge is -2.26. The number of benzene rings is 1. The number of methoxy groups -OCH3 is 1. The lowest BCUT2D eigenvalue weighted by molar-refractivity contribution is -0.142. The molecule has 0 spiro atoms. The predicted octanol–water partition coefficient (Wildman–Crippen LogP) is 0.479. The summed E-state index contributed by atoms with van der Waals surface area (Å²) in [6.45, 7) is 1.53. The number of nitrogens with one attached hydrogen (secondary N) is 2. The minimum atomic E-state index is -1.04. The molecule has 6 heteroatoms. The van der Waals surface area contributed by atoms with Crippen molar-refractivity contribution in [2.24, 2.45) is 0 Å². The zero-order valence-electron chi connectivity index (χ0n) is 12.0. The SMILES string of the molecule is COCCC(NC(=O)C1CNCc2ccccc21)C(=O)O. The third kappa shape index (κ3) is 3.80. The first-order valence-corrected chi connectivity index (χ1v) is 6.94. The second-order valence-corrected chi connectivity index (χ2v) is 5.06. The Labute approximate surface area is 123 Å². The summed E-state index contributed by atoms with van der Waals surface area (Å²) in [5, 5.41) is 14.9. The summed E-state index contributed by atoms with van der Waals surface area (Å²) >= 11 is 0. The molecule has 0 saturated carbocycles. The van der Waals surface area contributed by atoms with E-state index < -0.39 is 12.0 Å². The number of carboxylic acids is 1. The molecule has 1 heterocycles. The molecular weight excluding hydrogens is 272 g/mol. The normalized spacial score (nSPS) is 18.6. The highest BCUT2D eigenvalue weighted by atomic mass is 16.5. The molecule has 6 nitrogen and oxygen atoms in total. The molecule has 2 unspecified atom stereocenters. The molecule has 21 heavy (non-hydrogen) atoms. The maximum atomic E-state index is 12.4. The van der Waals surface area contributed by atoms with E-state index in [1.807, 2.05) is 24.3 Å². The quantitative estimate of drug-likeness (QED) is 0.710. The van der Waals surface area contributed by atoms with Crippen molar-refractivity contribution in [2.45, 2.75) is 24.9 Å². The molecule has 0 aliphatic carbocycles. The minimum Gasteiger partial charge on any atom is -0.480 e. The zero-order valence-corrected chi connectivity index (χ0v) is 12.0. The Hall–Kier alpha value is -1.92. The van der Waals surface area contributed by atoms with Gasteiger partial charge in [-0.25, -0.2) is 4.79 Å². The third-order valence-corrected chi connectivity index (χ3v) is 3.64. The van der Waals surface area contributed by atoms with Crippen LogP contribution in [-0.2, 0) is 20.9 Å². The van der Waals surface area contributed by atoms with Gasteiger partial charge in [-0.15, -0.1) is 0 Å². The molecule has 2 atom stereocenters. The maximum Gasteiger partial charge on any atom is 0.326 e. The van der Waals surface area contributed by atoms with Crippen LogP contribution < -0.4 is 10.6 Å². The monoisotopic (exact) mass is 292 g/mol. The maximum absolute atomic E-state index is 12.4. The van der Waals surface area contributed by atoms with E-state index in [4.69, 9.17) is 9.84 Å². The molecule has 1 amide bonds. The summed E-state index contributed by atoms with van der Waals surface area (Å²) in [4.78, 5) is 23.6. The first-order valence-electron chi connectivity index (χ1n) is 6.94. The van der Waals surface area contributed by atoms with Crippen molar-refractivity contribution in [1.29, 1.82) is 0 Å². The zero-order chi connectivity index (χ0) is 15.2. The molecule has 1 aromatic rings. The van der Waals surface area contributed by atoms with E-state index in [0.29, 0.717) is 6.54 Å². The van der Waals surface area contributed by atoms with Crippen LogP contribution in [0.1, 0.15) is 23.5 Å². The number of aliphatic carboxylic acids is 1. The van der Waals surface area contributed by atoms with Crippen molar-refractivity contribution in [2.75, 3.05) is 20.3 Å². The Morgan fingerprint density at radius 1 is 1.48 bits per heavy atom. The fourth-order valence-electron chi connectivity index (χ4n) is 2.50. The van der Waals surface area contributed by atoms with Gasteiger partial charge in [0.15, 0.2) is 0 Å². The van der Waals surface area contributed by atoms with Crippen LogP contribution in [0.3, 0.4) is 0 Å². The number of carbonyl (C=O) groups excluding carboxylic acids is 1. The number of ether oxygens (including phenoxy) is 1. The fourth-order valence-corrected chi connectivity index (χ4v) is 2.50. The summed E-state index contributed by atoms with van der Waals surface area (Å²) < 4.78 is 4.88. The van der Waals surface area contributed by atoms with Crippen molar-refractivity contribution >= 4 is 11.9 Å². The van der Waals surface area contributed by atoms with E-state index >= 15 is 0 Å². The van der Waals surface area contributed by atoms with E-state index in [1.54, 1.807) is 0 Å². The minimum absolute atomic E-state index is 0.249. The van der Waals surface area contributed by atoms with Crippen molar-refractivity contribution in [1.82, 2.24) is 10.6 Å². The van der Waals surface area contributed by atoms with Gasteiger partial charge in [-0.3, -0.25) is 4.79 Å². The van der Waals surface area contributed by atoms with Crippen LogP contribution in [0.2, 0.25) is 0 Å². The van der Waals surface area contributed by atoms with Gasteiger partial charge in [0.1, 0.15) is 6.04 Å². The van der Waals surface area contributed by atoms with E-state index in [1.165, 1.54) is 7.11 Å². The summed E-state index contributed by atoms with van der Waals surface area (Å²) in [5.41, 5.74) is 2.04. The second kappa shape index (κ2) is 7.19. The molecule has 2 rings (SSSR count). The van der Waals surface area contributed by atoms with E-state index in [0.717, 1.165) is 17.7 Å². The van der Waals surface area contributed by atoms with Crippen LogP contribution in [0.25, 0.3) is 0 Å². The molecule has 0 fully saturated rings. The number of fused-ring (bicyclic) bond motifs is 1. The van der Waals surface area contributed by atoms with Crippen molar-refractivity contribution < 1.29 is 19.4 Å². The lowest BCUT2D eigenvalue weighted by atomic mass is 9.90. The Balaban J connectivity index is 2.08. The van der Waals surface area contributed by atoms with Gasteiger partial charge in [0, 0.05) is 33.2 Å². The average molecular weight is 292 g/mol. The van der Waals surface area contributed by atoms with Gasteiger partial charge >= 0.3 is 5.97 Å². The second-order valence-electron chi connectivity index (χ2n) is 5.06. The predicted molar refractivity (Wildman–Crippen MR) is 76.9 cm³/mol. The van der Waals surface area contributed by atoms with Gasteiger partial charge in [-0.2, -0.15) is 0 Å². The largest absolute Gasteiger partial charge is 0.480 e. The molecular formula is C15H20N2O4. The third-order valence-electron chi connectivity index (χ3n) is 3.64. The van der Waals surface area contributed by atoms with Crippen molar-refractivity contribution in [3.63, 3.8) is 0 Å². The van der Waals surface area contributed by atoms with Crippen molar-refractivity contribution in [3.8, 4) is 0 Å². The summed E-state index contributed by atoms with van der Waals surface area (Å²) in [6.07, 6.45) is 0.249. The molecule has 1 aliphatic heterocycles. The smallest absolute Gasteiger partial charge is 0.326 e. The van der Waals surface area contributed by atoms with Gasteiger partial charge in [0.25, 0.3) is 0 Å². The highest BCUT2D eigenvalue weighted by Gasteiger charge is 2.29. The standard InChI is InChI=1S/C15H20N2O4/c1-21-7-6-13(15(19)20)17-14(18)12-9-16-8-10-4-2-3-5-11(10)12/h2-5,12-13,16H,6-9H2,1H3,(H,17,18)(H,19,20). The van der Waals surface area contributed by atoms with Gasteiger partial charge in [-0.05, 0) is 11.1 Å². The molecule has 1 aliphatic rings.